The number of hydrogen-bond donors (Lipinski definition) is 0. The normalized spacial score (nSPS) is 16.6. The van der Waals surface area contributed by atoms with Crippen LogP contribution in [-0.2, 0) is 4.74 Å². The molecule has 0 bridgehead atoms. The van der Waals surface area contributed by atoms with E-state index in [4.69, 9.17) is 4.74 Å². The number of carbonyl (C=O) groups excluding carboxylic acids is 1. The number of carbonyl (C=O) groups is 1. The van der Waals surface area contributed by atoms with Crippen LogP contribution >= 0.6 is 0 Å². The monoisotopic (exact) mass is 250 g/mol. The maximum Gasteiger partial charge on any atom is 0.338 e. The van der Waals surface area contributed by atoms with Crippen molar-refractivity contribution in [2.24, 2.45) is 0 Å². The Labute approximate surface area is 107 Å². The molecule has 0 saturated heterocycles. The Kier molecular flexibility index (Phi) is 4.34. The Balaban J connectivity index is 2.34. The van der Waals surface area contributed by atoms with E-state index in [0.29, 0.717) is 17.7 Å². The lowest BCUT2D eigenvalue weighted by molar-refractivity contribution is 0.0523. The molecule has 18 heavy (non-hydrogen) atoms. The number of halogens is 1. The number of benzene rings is 1. The first kappa shape index (κ1) is 13.1. The van der Waals surface area contributed by atoms with Gasteiger partial charge in [-0.3, -0.25) is 0 Å². The van der Waals surface area contributed by atoms with Crippen LogP contribution in [-0.4, -0.2) is 12.6 Å². The molecule has 0 unspecified atom stereocenters. The summed E-state index contributed by atoms with van der Waals surface area (Å²) in [6.45, 7) is 2.08. The summed E-state index contributed by atoms with van der Waals surface area (Å²) in [4.78, 5) is 11.9. The van der Waals surface area contributed by atoms with E-state index in [9.17, 15) is 9.18 Å². The maximum atomic E-state index is 14.0. The lowest BCUT2D eigenvalue weighted by Gasteiger charge is -2.24. The minimum Gasteiger partial charge on any atom is -0.462 e. The molecule has 2 rings (SSSR count). The van der Waals surface area contributed by atoms with Crippen LogP contribution in [0.25, 0.3) is 0 Å². The fourth-order valence-corrected chi connectivity index (χ4v) is 2.73. The zero-order chi connectivity index (χ0) is 13.0. The van der Waals surface area contributed by atoms with Crippen LogP contribution in [0.15, 0.2) is 18.2 Å². The molecule has 1 aromatic carbocycles. The van der Waals surface area contributed by atoms with E-state index in [1.54, 1.807) is 19.1 Å². The van der Waals surface area contributed by atoms with E-state index in [1.807, 2.05) is 0 Å². The molecule has 0 radical (unpaired) electrons. The number of hydrogen-bond acceptors (Lipinski definition) is 2. The molecule has 1 saturated carbocycles. The average Bonchev–Trinajstić information content (AvgIpc) is 2.39. The van der Waals surface area contributed by atoms with Crippen molar-refractivity contribution in [2.45, 2.75) is 44.9 Å². The van der Waals surface area contributed by atoms with Crippen molar-refractivity contribution in [3.05, 3.63) is 35.1 Å². The molecule has 1 aliphatic carbocycles. The van der Waals surface area contributed by atoms with Gasteiger partial charge in [0.15, 0.2) is 0 Å². The van der Waals surface area contributed by atoms with Gasteiger partial charge in [-0.1, -0.05) is 25.3 Å². The Morgan fingerprint density at radius 3 is 2.72 bits per heavy atom. The van der Waals surface area contributed by atoms with E-state index < -0.39 is 5.97 Å². The van der Waals surface area contributed by atoms with E-state index in [0.717, 1.165) is 25.7 Å². The average molecular weight is 250 g/mol. The van der Waals surface area contributed by atoms with Crippen LogP contribution in [0.3, 0.4) is 0 Å². The lowest BCUT2D eigenvalue weighted by atomic mass is 9.82. The van der Waals surface area contributed by atoms with Crippen LogP contribution in [0.5, 0.6) is 0 Å². The number of ether oxygens (including phenoxy) is 1. The Morgan fingerprint density at radius 1 is 1.33 bits per heavy atom. The van der Waals surface area contributed by atoms with Gasteiger partial charge in [0, 0.05) is 5.56 Å². The zero-order valence-corrected chi connectivity index (χ0v) is 10.7. The molecular weight excluding hydrogens is 231 g/mol. The summed E-state index contributed by atoms with van der Waals surface area (Å²) >= 11 is 0. The smallest absolute Gasteiger partial charge is 0.338 e. The fraction of sp³-hybridized carbons (Fsp3) is 0.533. The van der Waals surface area contributed by atoms with Gasteiger partial charge in [0.1, 0.15) is 5.82 Å². The molecule has 0 spiro atoms. The van der Waals surface area contributed by atoms with Crippen molar-refractivity contribution < 1.29 is 13.9 Å². The molecule has 98 valence electrons. The van der Waals surface area contributed by atoms with Gasteiger partial charge in [0.2, 0.25) is 0 Å². The SMILES string of the molecule is CCOC(=O)c1cccc(F)c1C1CCCCC1. The number of esters is 1. The highest BCUT2D eigenvalue weighted by Crippen LogP contribution is 2.36. The standard InChI is InChI=1S/C15H19FO2/c1-2-18-15(17)12-9-6-10-13(16)14(12)11-7-4-3-5-8-11/h6,9-11H,2-5,7-8H2,1H3. The van der Waals surface area contributed by atoms with Crippen molar-refractivity contribution in [3.63, 3.8) is 0 Å². The maximum absolute atomic E-state index is 14.0. The van der Waals surface area contributed by atoms with Gasteiger partial charge < -0.3 is 4.74 Å². The minimum atomic E-state index is -0.405. The lowest BCUT2D eigenvalue weighted by Crippen LogP contribution is -2.14. The van der Waals surface area contributed by atoms with Crippen molar-refractivity contribution in [1.29, 1.82) is 0 Å². The van der Waals surface area contributed by atoms with E-state index >= 15 is 0 Å². The van der Waals surface area contributed by atoms with Gasteiger partial charge in [-0.15, -0.1) is 0 Å². The van der Waals surface area contributed by atoms with Crippen molar-refractivity contribution >= 4 is 5.97 Å². The van der Waals surface area contributed by atoms with Crippen LogP contribution in [0.2, 0.25) is 0 Å². The van der Waals surface area contributed by atoms with Crippen molar-refractivity contribution in [1.82, 2.24) is 0 Å². The molecule has 1 fully saturated rings. The van der Waals surface area contributed by atoms with Crippen molar-refractivity contribution in [2.75, 3.05) is 6.61 Å². The summed E-state index contributed by atoms with van der Waals surface area (Å²) in [7, 11) is 0. The highest BCUT2D eigenvalue weighted by molar-refractivity contribution is 5.91. The summed E-state index contributed by atoms with van der Waals surface area (Å²) in [5.74, 6) is -0.510. The molecule has 1 aliphatic rings. The first-order chi connectivity index (χ1) is 8.74. The highest BCUT2D eigenvalue weighted by atomic mass is 19.1. The molecule has 0 aromatic heterocycles. The summed E-state index contributed by atoms with van der Waals surface area (Å²) in [5, 5.41) is 0. The molecule has 0 amide bonds. The van der Waals surface area contributed by atoms with Gasteiger partial charge in [-0.2, -0.15) is 0 Å². The van der Waals surface area contributed by atoms with Gasteiger partial charge in [-0.05, 0) is 37.8 Å². The fourth-order valence-electron chi connectivity index (χ4n) is 2.73. The predicted molar refractivity (Wildman–Crippen MR) is 68.2 cm³/mol. The van der Waals surface area contributed by atoms with Crippen LogP contribution in [0, 0.1) is 5.82 Å². The summed E-state index contributed by atoms with van der Waals surface area (Å²) < 4.78 is 19.0. The van der Waals surface area contributed by atoms with Crippen molar-refractivity contribution in [3.8, 4) is 0 Å². The second-order valence-corrected chi connectivity index (χ2v) is 4.76. The van der Waals surface area contributed by atoms with Crippen LogP contribution < -0.4 is 0 Å². The predicted octanol–water partition coefficient (Wildman–Crippen LogP) is 4.05. The van der Waals surface area contributed by atoms with E-state index in [1.165, 1.54) is 12.5 Å². The first-order valence-electron chi connectivity index (χ1n) is 6.69. The summed E-state index contributed by atoms with van der Waals surface area (Å²) in [5.41, 5.74) is 0.972. The minimum absolute atomic E-state index is 0.166. The van der Waals surface area contributed by atoms with Gasteiger partial charge >= 0.3 is 5.97 Å². The third-order valence-electron chi connectivity index (χ3n) is 3.56. The molecule has 3 heteroatoms. The molecule has 0 aliphatic heterocycles. The zero-order valence-electron chi connectivity index (χ0n) is 10.7. The van der Waals surface area contributed by atoms with Gasteiger partial charge in [-0.25, -0.2) is 9.18 Å². The topological polar surface area (TPSA) is 26.3 Å². The Morgan fingerprint density at radius 2 is 2.06 bits per heavy atom. The second kappa shape index (κ2) is 5.98. The van der Waals surface area contributed by atoms with Crippen LogP contribution in [0.4, 0.5) is 4.39 Å². The molecule has 1 aromatic rings. The third-order valence-corrected chi connectivity index (χ3v) is 3.56. The molecule has 0 heterocycles. The molecule has 0 N–H and O–H groups in total. The second-order valence-electron chi connectivity index (χ2n) is 4.76. The summed E-state index contributed by atoms with van der Waals surface area (Å²) in [6, 6.07) is 4.69. The largest absolute Gasteiger partial charge is 0.462 e. The van der Waals surface area contributed by atoms with Gasteiger partial charge in [0.05, 0.1) is 12.2 Å². The third kappa shape index (κ3) is 2.71. The first-order valence-corrected chi connectivity index (χ1v) is 6.69. The highest BCUT2D eigenvalue weighted by Gasteiger charge is 2.25. The van der Waals surface area contributed by atoms with Crippen LogP contribution in [0.1, 0.15) is 60.9 Å². The quantitative estimate of drug-likeness (QED) is 0.756. The summed E-state index contributed by atoms with van der Waals surface area (Å²) in [6.07, 6.45) is 5.36. The Bertz CT molecular complexity index is 423. The molecule has 2 nitrogen and oxygen atoms in total. The van der Waals surface area contributed by atoms with E-state index in [-0.39, 0.29) is 11.7 Å². The Hall–Kier alpha value is -1.38. The van der Waals surface area contributed by atoms with E-state index in [2.05, 4.69) is 0 Å². The molecule has 0 atom stereocenters. The van der Waals surface area contributed by atoms with Gasteiger partial charge in [0.25, 0.3) is 0 Å². The number of rotatable bonds is 3. The molecular formula is C15H19FO2.